The van der Waals surface area contributed by atoms with Crippen molar-refractivity contribution < 1.29 is 19.8 Å². The maximum absolute atomic E-state index is 11.6. The third-order valence-corrected chi connectivity index (χ3v) is 2.22. The van der Waals surface area contributed by atoms with Crippen molar-refractivity contribution in [3.05, 3.63) is 30.1 Å². The lowest BCUT2D eigenvalue weighted by Crippen LogP contribution is -2.42. The molecule has 0 spiro atoms. The summed E-state index contributed by atoms with van der Waals surface area (Å²) < 4.78 is 0. The van der Waals surface area contributed by atoms with Crippen LogP contribution in [0, 0.1) is 0 Å². The molecule has 1 aromatic rings. The van der Waals surface area contributed by atoms with Crippen LogP contribution in [0.2, 0.25) is 0 Å². The zero-order valence-electron chi connectivity index (χ0n) is 9.91. The molecule has 0 aliphatic rings. The van der Waals surface area contributed by atoms with Crippen molar-refractivity contribution in [1.29, 1.82) is 0 Å². The van der Waals surface area contributed by atoms with E-state index in [4.69, 9.17) is 10.2 Å². The maximum atomic E-state index is 11.6. The number of aliphatic hydroxyl groups excluding tert-OH is 1. The number of amides is 2. The number of aliphatic carboxylic acids is 1. The van der Waals surface area contributed by atoms with Crippen LogP contribution in [-0.4, -0.2) is 51.8 Å². The highest BCUT2D eigenvalue weighted by Gasteiger charge is 2.15. The molecule has 0 bridgehead atoms. The zero-order valence-corrected chi connectivity index (χ0v) is 9.91. The fourth-order valence-corrected chi connectivity index (χ4v) is 1.24. The second kappa shape index (κ2) is 6.55. The number of hydrogen-bond donors (Lipinski definition) is 3. The average Bonchev–Trinajstić information content (AvgIpc) is 2.36. The number of nitrogens with one attached hydrogen (secondary N) is 1. The lowest BCUT2D eigenvalue weighted by molar-refractivity contribution is -0.146. The van der Waals surface area contributed by atoms with Crippen molar-refractivity contribution in [3.8, 4) is 0 Å². The van der Waals surface area contributed by atoms with Gasteiger partial charge in [0.15, 0.2) is 6.10 Å². The van der Waals surface area contributed by atoms with Gasteiger partial charge in [-0.3, -0.25) is 4.98 Å². The molecule has 7 nitrogen and oxygen atoms in total. The molecule has 0 aliphatic heterocycles. The van der Waals surface area contributed by atoms with Crippen LogP contribution in [0.4, 0.5) is 4.79 Å². The van der Waals surface area contributed by atoms with Crippen molar-refractivity contribution in [2.24, 2.45) is 0 Å². The molecular formula is C11H15N3O4. The molecule has 18 heavy (non-hydrogen) atoms. The summed E-state index contributed by atoms with van der Waals surface area (Å²) in [5.41, 5.74) is 0.855. The van der Waals surface area contributed by atoms with E-state index in [-0.39, 0.29) is 6.54 Å². The number of carbonyl (C=O) groups excluding carboxylic acids is 1. The third kappa shape index (κ3) is 4.38. The first kappa shape index (κ1) is 13.9. The molecule has 7 heteroatoms. The molecule has 1 atom stereocenters. The molecule has 0 aromatic carbocycles. The number of aromatic nitrogens is 1. The Hall–Kier alpha value is -2.15. The Morgan fingerprint density at radius 1 is 1.56 bits per heavy atom. The highest BCUT2D eigenvalue weighted by molar-refractivity contribution is 5.76. The van der Waals surface area contributed by atoms with Crippen LogP contribution in [0.25, 0.3) is 0 Å². The lowest BCUT2D eigenvalue weighted by atomic mass is 10.3. The van der Waals surface area contributed by atoms with E-state index in [0.717, 1.165) is 5.56 Å². The Balaban J connectivity index is 2.40. The van der Waals surface area contributed by atoms with Crippen molar-refractivity contribution >= 4 is 12.0 Å². The SMILES string of the molecule is CN(Cc1cccnc1)C(=O)NCC(O)C(=O)O. The molecule has 0 fully saturated rings. The molecule has 0 aliphatic carbocycles. The first-order valence-electron chi connectivity index (χ1n) is 5.29. The van der Waals surface area contributed by atoms with Crippen molar-refractivity contribution in [3.63, 3.8) is 0 Å². The van der Waals surface area contributed by atoms with Gasteiger partial charge in [0.25, 0.3) is 0 Å². The molecule has 0 saturated carbocycles. The van der Waals surface area contributed by atoms with E-state index in [9.17, 15) is 9.59 Å². The fraction of sp³-hybridized carbons (Fsp3) is 0.364. The number of carbonyl (C=O) groups is 2. The average molecular weight is 253 g/mol. The third-order valence-electron chi connectivity index (χ3n) is 2.22. The van der Waals surface area contributed by atoms with E-state index >= 15 is 0 Å². The molecule has 98 valence electrons. The Bertz CT molecular complexity index is 410. The quantitative estimate of drug-likeness (QED) is 0.666. The summed E-state index contributed by atoms with van der Waals surface area (Å²) in [7, 11) is 1.56. The van der Waals surface area contributed by atoms with Crippen LogP contribution in [0.5, 0.6) is 0 Å². The topological polar surface area (TPSA) is 103 Å². The van der Waals surface area contributed by atoms with Crippen LogP contribution in [0.1, 0.15) is 5.56 Å². The highest BCUT2D eigenvalue weighted by atomic mass is 16.4. The molecule has 1 unspecified atom stereocenters. The zero-order chi connectivity index (χ0) is 13.5. The highest BCUT2D eigenvalue weighted by Crippen LogP contribution is 2.00. The van der Waals surface area contributed by atoms with Crippen LogP contribution >= 0.6 is 0 Å². The summed E-state index contributed by atoms with van der Waals surface area (Å²) >= 11 is 0. The van der Waals surface area contributed by atoms with Crippen molar-refractivity contribution in [2.75, 3.05) is 13.6 Å². The Morgan fingerprint density at radius 3 is 2.83 bits per heavy atom. The van der Waals surface area contributed by atoms with Crippen LogP contribution in [0.3, 0.4) is 0 Å². The summed E-state index contributed by atoms with van der Waals surface area (Å²) in [6.07, 6.45) is 1.67. The molecular weight excluding hydrogens is 238 g/mol. The van der Waals surface area contributed by atoms with Gasteiger partial charge in [-0.05, 0) is 11.6 Å². The van der Waals surface area contributed by atoms with Gasteiger partial charge < -0.3 is 20.4 Å². The number of carboxylic acid groups (broad SMARTS) is 1. The van der Waals surface area contributed by atoms with E-state index in [1.165, 1.54) is 4.90 Å². The van der Waals surface area contributed by atoms with Gasteiger partial charge in [0, 0.05) is 26.0 Å². The number of aliphatic hydroxyl groups is 1. The normalized spacial score (nSPS) is 11.7. The van der Waals surface area contributed by atoms with Crippen LogP contribution in [-0.2, 0) is 11.3 Å². The second-order valence-corrected chi connectivity index (χ2v) is 3.76. The number of nitrogens with zero attached hydrogens (tertiary/aromatic N) is 2. The number of urea groups is 1. The number of hydrogen-bond acceptors (Lipinski definition) is 4. The predicted octanol–water partition coefficient (Wildman–Crippen LogP) is -0.332. The monoisotopic (exact) mass is 253 g/mol. The molecule has 2 amide bonds. The van der Waals surface area contributed by atoms with Crippen LogP contribution < -0.4 is 5.32 Å². The van der Waals surface area contributed by atoms with E-state index in [1.807, 2.05) is 6.07 Å². The minimum Gasteiger partial charge on any atom is -0.479 e. The summed E-state index contributed by atoms with van der Waals surface area (Å²) in [6.45, 7) is 0.0222. The first-order valence-corrected chi connectivity index (χ1v) is 5.29. The fourth-order valence-electron chi connectivity index (χ4n) is 1.24. The summed E-state index contributed by atoms with van der Waals surface area (Å²) in [4.78, 5) is 27.2. The van der Waals surface area contributed by atoms with Crippen LogP contribution in [0.15, 0.2) is 24.5 Å². The molecule has 0 saturated heterocycles. The summed E-state index contributed by atoms with van der Waals surface area (Å²) in [6, 6.07) is 3.12. The van der Waals surface area contributed by atoms with Gasteiger partial charge in [0.05, 0.1) is 6.54 Å². The van der Waals surface area contributed by atoms with E-state index in [2.05, 4.69) is 10.3 Å². The number of carboxylic acids is 1. The summed E-state index contributed by atoms with van der Waals surface area (Å²) in [5, 5.41) is 19.8. The van der Waals surface area contributed by atoms with Gasteiger partial charge in [0.1, 0.15) is 0 Å². The second-order valence-electron chi connectivity index (χ2n) is 3.76. The minimum absolute atomic E-state index is 0.328. The Morgan fingerprint density at radius 2 is 2.28 bits per heavy atom. The minimum atomic E-state index is -1.60. The number of pyridine rings is 1. The summed E-state index contributed by atoms with van der Waals surface area (Å²) in [5.74, 6) is -1.37. The van der Waals surface area contributed by atoms with E-state index < -0.39 is 18.1 Å². The molecule has 1 heterocycles. The van der Waals surface area contributed by atoms with Gasteiger partial charge in [-0.15, -0.1) is 0 Å². The smallest absolute Gasteiger partial charge is 0.334 e. The molecule has 0 radical (unpaired) electrons. The van der Waals surface area contributed by atoms with Crippen molar-refractivity contribution in [2.45, 2.75) is 12.6 Å². The standard InChI is InChI=1S/C11H15N3O4/c1-14(7-8-3-2-4-12-5-8)11(18)13-6-9(15)10(16)17/h2-5,9,15H,6-7H2,1H3,(H,13,18)(H,16,17). The maximum Gasteiger partial charge on any atom is 0.334 e. The Kier molecular flexibility index (Phi) is 5.06. The van der Waals surface area contributed by atoms with Crippen molar-refractivity contribution in [1.82, 2.24) is 15.2 Å². The molecule has 1 rings (SSSR count). The lowest BCUT2D eigenvalue weighted by Gasteiger charge is -2.18. The first-order chi connectivity index (χ1) is 8.50. The van der Waals surface area contributed by atoms with Gasteiger partial charge in [-0.1, -0.05) is 6.07 Å². The van der Waals surface area contributed by atoms with E-state index in [0.29, 0.717) is 6.54 Å². The van der Waals surface area contributed by atoms with Gasteiger partial charge in [-0.25, -0.2) is 9.59 Å². The van der Waals surface area contributed by atoms with Gasteiger partial charge >= 0.3 is 12.0 Å². The molecule has 1 aromatic heterocycles. The number of rotatable bonds is 5. The Labute approximate surface area is 104 Å². The van der Waals surface area contributed by atoms with Gasteiger partial charge in [-0.2, -0.15) is 0 Å². The molecule has 3 N–H and O–H groups in total. The predicted molar refractivity (Wildman–Crippen MR) is 62.7 cm³/mol. The van der Waals surface area contributed by atoms with E-state index in [1.54, 1.807) is 25.5 Å². The largest absolute Gasteiger partial charge is 0.479 e. The van der Waals surface area contributed by atoms with Gasteiger partial charge in [0.2, 0.25) is 0 Å².